The van der Waals surface area contributed by atoms with Gasteiger partial charge in [-0.1, -0.05) is 47.5 Å². The number of nitrogens with one attached hydrogen (secondary N) is 1. The first-order valence-corrected chi connectivity index (χ1v) is 13.3. The van der Waals surface area contributed by atoms with Crippen LogP contribution >= 0.6 is 22.9 Å². The summed E-state index contributed by atoms with van der Waals surface area (Å²) in [5, 5.41) is 4.26. The van der Waals surface area contributed by atoms with E-state index in [0.717, 1.165) is 26.8 Å². The number of aryl methyl sites for hydroxylation is 2. The molecule has 0 fully saturated rings. The Kier molecular flexibility index (Phi) is 6.47. The van der Waals surface area contributed by atoms with Crippen LogP contribution in [0.2, 0.25) is 5.02 Å². The summed E-state index contributed by atoms with van der Waals surface area (Å²) in [7, 11) is -3.51. The summed E-state index contributed by atoms with van der Waals surface area (Å²) in [6, 6.07) is 20.3. The summed E-state index contributed by atoms with van der Waals surface area (Å²) in [4.78, 5) is 13.4. The van der Waals surface area contributed by atoms with E-state index in [1.54, 1.807) is 24.3 Å². The third-order valence-electron chi connectivity index (χ3n) is 5.31. The molecule has 1 heterocycles. The molecule has 3 aromatic carbocycles. The van der Waals surface area contributed by atoms with Gasteiger partial charge in [-0.25, -0.2) is 8.42 Å². The number of benzene rings is 3. The zero-order valence-electron chi connectivity index (χ0n) is 18.4. The van der Waals surface area contributed by atoms with Gasteiger partial charge >= 0.3 is 0 Å². The number of amides is 1. The van der Waals surface area contributed by atoms with Crippen LogP contribution in [0, 0.1) is 13.8 Å². The highest BCUT2D eigenvalue weighted by atomic mass is 35.5. The summed E-state index contributed by atoms with van der Waals surface area (Å²) in [6.45, 7) is 4.12. The molecule has 4 rings (SSSR count). The Morgan fingerprint density at radius 3 is 2.42 bits per heavy atom. The van der Waals surface area contributed by atoms with E-state index in [2.05, 4.69) is 5.32 Å². The summed E-state index contributed by atoms with van der Waals surface area (Å²) in [6.07, 6.45) is 1.20. The van der Waals surface area contributed by atoms with Crippen molar-refractivity contribution in [2.75, 3.05) is 15.9 Å². The van der Waals surface area contributed by atoms with Gasteiger partial charge in [-0.15, -0.1) is 11.3 Å². The SMILES string of the molecule is Cc1ccc(CN(c2ccc3sc(C(=O)Nc4cc(Cl)ccc4C)cc3c2)S(C)(=O)=O)cc1. The summed E-state index contributed by atoms with van der Waals surface area (Å²) >= 11 is 7.41. The third-order valence-corrected chi connectivity index (χ3v) is 7.80. The van der Waals surface area contributed by atoms with Gasteiger partial charge in [0.05, 0.1) is 23.4 Å². The first-order chi connectivity index (χ1) is 15.6. The number of nitrogens with zero attached hydrogens (tertiary/aromatic N) is 1. The number of hydrogen-bond acceptors (Lipinski definition) is 4. The van der Waals surface area contributed by atoms with Crippen molar-refractivity contribution in [3.05, 3.63) is 93.3 Å². The second kappa shape index (κ2) is 9.17. The molecule has 0 bridgehead atoms. The van der Waals surface area contributed by atoms with Crippen molar-refractivity contribution in [2.45, 2.75) is 20.4 Å². The highest BCUT2D eigenvalue weighted by molar-refractivity contribution is 7.92. The van der Waals surface area contributed by atoms with Crippen LogP contribution in [0.15, 0.2) is 66.7 Å². The molecular formula is C25H23ClN2O3S2. The van der Waals surface area contributed by atoms with Crippen LogP contribution in [-0.4, -0.2) is 20.6 Å². The van der Waals surface area contributed by atoms with Crippen LogP contribution in [0.5, 0.6) is 0 Å². The predicted molar refractivity (Wildman–Crippen MR) is 138 cm³/mol. The van der Waals surface area contributed by atoms with Crippen LogP contribution in [0.25, 0.3) is 10.1 Å². The molecule has 0 atom stereocenters. The molecular weight excluding hydrogens is 476 g/mol. The molecule has 170 valence electrons. The highest BCUT2D eigenvalue weighted by Gasteiger charge is 2.19. The van der Waals surface area contributed by atoms with E-state index >= 15 is 0 Å². The average molecular weight is 499 g/mol. The minimum absolute atomic E-state index is 0.232. The van der Waals surface area contributed by atoms with Gasteiger partial charge in [-0.05, 0) is 66.8 Å². The first-order valence-electron chi connectivity index (χ1n) is 10.2. The monoisotopic (exact) mass is 498 g/mol. The number of halogens is 1. The van der Waals surface area contributed by atoms with Gasteiger partial charge in [0.25, 0.3) is 5.91 Å². The number of fused-ring (bicyclic) bond motifs is 1. The molecule has 0 radical (unpaired) electrons. The predicted octanol–water partition coefficient (Wildman–Crippen LogP) is 6.39. The van der Waals surface area contributed by atoms with E-state index < -0.39 is 10.0 Å². The lowest BCUT2D eigenvalue weighted by Crippen LogP contribution is -2.29. The quantitative estimate of drug-likeness (QED) is 0.335. The van der Waals surface area contributed by atoms with Crippen LogP contribution in [0.1, 0.15) is 26.4 Å². The summed E-state index contributed by atoms with van der Waals surface area (Å²) in [5.41, 5.74) is 4.14. The maximum Gasteiger partial charge on any atom is 0.265 e. The van der Waals surface area contributed by atoms with E-state index in [9.17, 15) is 13.2 Å². The van der Waals surface area contributed by atoms with Crippen LogP contribution in [0.4, 0.5) is 11.4 Å². The highest BCUT2D eigenvalue weighted by Crippen LogP contribution is 2.32. The Labute approximate surface area is 202 Å². The van der Waals surface area contributed by atoms with Crippen molar-refractivity contribution in [3.63, 3.8) is 0 Å². The molecule has 0 spiro atoms. The Morgan fingerprint density at radius 2 is 1.73 bits per heavy atom. The molecule has 1 N–H and O–H groups in total. The lowest BCUT2D eigenvalue weighted by Gasteiger charge is -2.22. The van der Waals surface area contributed by atoms with Gasteiger partial charge < -0.3 is 5.32 Å². The molecule has 5 nitrogen and oxygen atoms in total. The van der Waals surface area contributed by atoms with Gasteiger partial charge in [-0.3, -0.25) is 9.10 Å². The molecule has 0 unspecified atom stereocenters. The van der Waals surface area contributed by atoms with Crippen molar-refractivity contribution < 1.29 is 13.2 Å². The maximum absolute atomic E-state index is 12.8. The second-order valence-corrected chi connectivity index (χ2v) is 11.4. The van der Waals surface area contributed by atoms with E-state index in [0.29, 0.717) is 21.3 Å². The maximum atomic E-state index is 12.8. The van der Waals surface area contributed by atoms with Crippen LogP contribution in [0.3, 0.4) is 0 Å². The Bertz CT molecular complexity index is 1440. The Balaban J connectivity index is 1.63. The minimum atomic E-state index is -3.51. The van der Waals surface area contributed by atoms with Crippen molar-refractivity contribution in [3.8, 4) is 0 Å². The van der Waals surface area contributed by atoms with E-state index in [1.165, 1.54) is 21.9 Å². The number of sulfonamides is 1. The summed E-state index contributed by atoms with van der Waals surface area (Å²) < 4.78 is 27.4. The van der Waals surface area contributed by atoms with Crippen molar-refractivity contribution in [1.82, 2.24) is 0 Å². The van der Waals surface area contributed by atoms with Crippen molar-refractivity contribution >= 4 is 60.3 Å². The van der Waals surface area contributed by atoms with Gasteiger partial charge in [0, 0.05) is 15.4 Å². The van der Waals surface area contributed by atoms with Gasteiger partial charge in [0.1, 0.15) is 0 Å². The third kappa shape index (κ3) is 5.38. The number of carbonyl (C=O) groups excluding carboxylic acids is 1. The summed E-state index contributed by atoms with van der Waals surface area (Å²) in [5.74, 6) is -0.234. The Hall–Kier alpha value is -2.87. The average Bonchev–Trinajstić information content (AvgIpc) is 3.18. The zero-order chi connectivity index (χ0) is 23.8. The van der Waals surface area contributed by atoms with E-state index in [-0.39, 0.29) is 12.5 Å². The van der Waals surface area contributed by atoms with Crippen LogP contribution < -0.4 is 9.62 Å². The molecule has 0 aliphatic rings. The molecule has 33 heavy (non-hydrogen) atoms. The molecule has 0 saturated heterocycles. The fourth-order valence-corrected chi connectivity index (χ4v) is 5.46. The van der Waals surface area contributed by atoms with Gasteiger partial charge in [-0.2, -0.15) is 0 Å². The number of hydrogen-bond donors (Lipinski definition) is 1. The lowest BCUT2D eigenvalue weighted by molar-refractivity contribution is 0.103. The number of rotatable bonds is 6. The molecule has 8 heteroatoms. The molecule has 0 aliphatic carbocycles. The van der Waals surface area contributed by atoms with Crippen molar-refractivity contribution in [1.29, 1.82) is 0 Å². The van der Waals surface area contributed by atoms with Crippen LogP contribution in [-0.2, 0) is 16.6 Å². The van der Waals surface area contributed by atoms with Crippen molar-refractivity contribution in [2.24, 2.45) is 0 Å². The van der Waals surface area contributed by atoms with E-state index in [4.69, 9.17) is 11.6 Å². The second-order valence-electron chi connectivity index (χ2n) is 8.00. The normalized spacial score (nSPS) is 11.5. The molecule has 0 aliphatic heterocycles. The van der Waals surface area contributed by atoms with Gasteiger partial charge in [0.2, 0.25) is 10.0 Å². The molecule has 1 aromatic heterocycles. The van der Waals surface area contributed by atoms with Gasteiger partial charge in [0.15, 0.2) is 0 Å². The standard InChI is InChI=1S/C25H23ClN2O3S2/c1-16-4-7-18(8-5-16)15-28(33(3,30)31)21-10-11-23-19(12-21)13-24(32-23)25(29)27-22-14-20(26)9-6-17(22)2/h4-14H,15H2,1-3H3,(H,27,29). The molecule has 0 saturated carbocycles. The molecule has 1 amide bonds. The first kappa shape index (κ1) is 23.3. The smallest absolute Gasteiger partial charge is 0.265 e. The largest absolute Gasteiger partial charge is 0.321 e. The number of anilines is 2. The fourth-order valence-electron chi connectivity index (χ4n) is 3.47. The topological polar surface area (TPSA) is 66.5 Å². The molecule has 4 aromatic rings. The minimum Gasteiger partial charge on any atom is -0.321 e. The number of thiophene rings is 1. The zero-order valence-corrected chi connectivity index (χ0v) is 20.8. The number of carbonyl (C=O) groups is 1. The Morgan fingerprint density at radius 1 is 1.00 bits per heavy atom. The van der Waals surface area contributed by atoms with E-state index in [1.807, 2.05) is 56.3 Å². The fraction of sp³-hybridized carbons (Fsp3) is 0.160. The lowest BCUT2D eigenvalue weighted by atomic mass is 10.1.